The van der Waals surface area contributed by atoms with E-state index in [1.165, 1.54) is 12.0 Å². The second-order valence-electron chi connectivity index (χ2n) is 9.47. The number of hydrogen-bond acceptors (Lipinski definition) is 5. The number of halogens is 1. The molecular weight excluding hydrogens is 594 g/mol. The van der Waals surface area contributed by atoms with Crippen molar-refractivity contribution in [3.8, 4) is 5.75 Å². The van der Waals surface area contributed by atoms with Gasteiger partial charge in [-0.05, 0) is 41.8 Å². The predicted molar refractivity (Wildman–Crippen MR) is 162 cm³/mol. The van der Waals surface area contributed by atoms with Gasteiger partial charge in [0.2, 0.25) is 21.8 Å². The van der Waals surface area contributed by atoms with Crippen LogP contribution in [0.3, 0.4) is 0 Å². The topological polar surface area (TPSA) is 96.0 Å². The van der Waals surface area contributed by atoms with Crippen molar-refractivity contribution in [2.45, 2.75) is 38.8 Å². The standard InChI is InChI=1S/C30H36BrN3O5S/c1-4-5-18-32-30(36)28(19-23-10-7-6-8-11-23)33(21-24-14-16-25(31)17-15-24)29(35)22-34(40(3,37)38)26-12-9-13-27(20-26)39-2/h6-17,20,28H,4-5,18-19,21-22H2,1-3H3,(H,32,36). The van der Waals surface area contributed by atoms with E-state index in [0.29, 0.717) is 18.0 Å². The molecule has 1 unspecified atom stereocenters. The van der Waals surface area contributed by atoms with Crippen molar-refractivity contribution in [1.29, 1.82) is 0 Å². The summed E-state index contributed by atoms with van der Waals surface area (Å²) >= 11 is 3.44. The van der Waals surface area contributed by atoms with E-state index in [2.05, 4.69) is 21.2 Å². The van der Waals surface area contributed by atoms with E-state index in [0.717, 1.165) is 39.0 Å². The molecule has 3 rings (SSSR count). The fourth-order valence-electron chi connectivity index (χ4n) is 4.23. The molecule has 3 aromatic rings. The second-order valence-corrected chi connectivity index (χ2v) is 12.3. The first kappa shape index (κ1) is 31.2. The van der Waals surface area contributed by atoms with Crippen LogP contribution in [0, 0.1) is 0 Å². The molecule has 214 valence electrons. The van der Waals surface area contributed by atoms with Crippen LogP contribution in [-0.2, 0) is 32.6 Å². The normalized spacial score (nSPS) is 11.9. The van der Waals surface area contributed by atoms with Crippen molar-refractivity contribution in [3.05, 3.63) is 94.5 Å². The Labute approximate surface area is 245 Å². The minimum atomic E-state index is -3.85. The van der Waals surface area contributed by atoms with Crippen LogP contribution in [0.25, 0.3) is 0 Å². The van der Waals surface area contributed by atoms with E-state index < -0.39 is 28.5 Å². The van der Waals surface area contributed by atoms with Crippen LogP contribution in [0.2, 0.25) is 0 Å². The van der Waals surface area contributed by atoms with Crippen LogP contribution in [0.4, 0.5) is 5.69 Å². The van der Waals surface area contributed by atoms with Crippen LogP contribution in [0.15, 0.2) is 83.3 Å². The summed E-state index contributed by atoms with van der Waals surface area (Å²) in [5, 5.41) is 2.98. The first-order valence-corrected chi connectivity index (χ1v) is 15.7. The minimum Gasteiger partial charge on any atom is -0.497 e. The second kappa shape index (κ2) is 14.9. The number of nitrogens with one attached hydrogen (secondary N) is 1. The lowest BCUT2D eigenvalue weighted by molar-refractivity contribution is -0.140. The number of hydrogen-bond donors (Lipinski definition) is 1. The summed E-state index contributed by atoms with van der Waals surface area (Å²) in [6.07, 6.45) is 3.05. The molecule has 0 fully saturated rings. The first-order valence-electron chi connectivity index (χ1n) is 13.1. The highest BCUT2D eigenvalue weighted by Crippen LogP contribution is 2.24. The molecule has 0 saturated carbocycles. The lowest BCUT2D eigenvalue weighted by Gasteiger charge is -2.33. The SMILES string of the molecule is CCCCNC(=O)C(Cc1ccccc1)N(Cc1ccc(Br)cc1)C(=O)CN(c1cccc(OC)c1)S(C)(=O)=O. The molecule has 0 aliphatic rings. The van der Waals surface area contributed by atoms with Crippen molar-refractivity contribution in [3.63, 3.8) is 0 Å². The summed E-state index contributed by atoms with van der Waals surface area (Å²) in [5.41, 5.74) is 1.99. The third kappa shape index (κ3) is 9.09. The number of ether oxygens (including phenoxy) is 1. The van der Waals surface area contributed by atoms with E-state index >= 15 is 0 Å². The highest BCUT2D eigenvalue weighted by atomic mass is 79.9. The van der Waals surface area contributed by atoms with Gasteiger partial charge in [-0.2, -0.15) is 0 Å². The van der Waals surface area contributed by atoms with Crippen LogP contribution in [0.1, 0.15) is 30.9 Å². The Bertz CT molecular complexity index is 1370. The number of amides is 2. The summed E-state index contributed by atoms with van der Waals surface area (Å²) in [6, 6.07) is 22.6. The molecule has 1 N–H and O–H groups in total. The fourth-order valence-corrected chi connectivity index (χ4v) is 5.33. The number of sulfonamides is 1. The van der Waals surface area contributed by atoms with Gasteiger partial charge in [-0.15, -0.1) is 0 Å². The van der Waals surface area contributed by atoms with E-state index in [4.69, 9.17) is 4.74 Å². The molecule has 10 heteroatoms. The first-order chi connectivity index (χ1) is 19.1. The Hall–Kier alpha value is -3.37. The van der Waals surface area contributed by atoms with Gasteiger partial charge in [0, 0.05) is 30.0 Å². The van der Waals surface area contributed by atoms with E-state index in [-0.39, 0.29) is 18.9 Å². The average molecular weight is 631 g/mol. The quantitative estimate of drug-likeness (QED) is 0.259. The smallest absolute Gasteiger partial charge is 0.244 e. The molecular formula is C30H36BrN3O5S. The third-order valence-electron chi connectivity index (χ3n) is 6.39. The lowest BCUT2D eigenvalue weighted by Crippen LogP contribution is -2.53. The average Bonchev–Trinajstić information content (AvgIpc) is 2.94. The van der Waals surface area contributed by atoms with E-state index in [1.54, 1.807) is 24.3 Å². The van der Waals surface area contributed by atoms with Crippen molar-refractivity contribution in [1.82, 2.24) is 10.2 Å². The Morgan fingerprint density at radius 2 is 1.68 bits per heavy atom. The van der Waals surface area contributed by atoms with Gasteiger partial charge in [0.1, 0.15) is 18.3 Å². The van der Waals surface area contributed by atoms with Gasteiger partial charge in [-0.1, -0.05) is 77.8 Å². The summed E-state index contributed by atoms with van der Waals surface area (Å²) in [5.74, 6) is -0.319. The van der Waals surface area contributed by atoms with Crippen molar-refractivity contribution >= 4 is 43.5 Å². The molecule has 0 spiro atoms. The van der Waals surface area contributed by atoms with Crippen LogP contribution >= 0.6 is 15.9 Å². The Kier molecular flexibility index (Phi) is 11.6. The predicted octanol–water partition coefficient (Wildman–Crippen LogP) is 4.78. The number of rotatable bonds is 14. The molecule has 0 aliphatic carbocycles. The van der Waals surface area contributed by atoms with Gasteiger partial charge >= 0.3 is 0 Å². The van der Waals surface area contributed by atoms with Gasteiger partial charge in [0.25, 0.3) is 0 Å². The largest absolute Gasteiger partial charge is 0.497 e. The zero-order valence-corrected chi connectivity index (χ0v) is 25.4. The van der Waals surface area contributed by atoms with Crippen molar-refractivity contribution in [2.24, 2.45) is 0 Å². The molecule has 0 heterocycles. The summed E-state index contributed by atoms with van der Waals surface area (Å²) < 4.78 is 33.0. The van der Waals surface area contributed by atoms with E-state index in [9.17, 15) is 18.0 Å². The number of methoxy groups -OCH3 is 1. The molecule has 0 bridgehead atoms. The number of carbonyl (C=O) groups excluding carboxylic acids is 2. The lowest BCUT2D eigenvalue weighted by atomic mass is 10.0. The number of carbonyl (C=O) groups is 2. The molecule has 3 aromatic carbocycles. The number of nitrogens with zero attached hydrogens (tertiary/aromatic N) is 2. The molecule has 0 aliphatic heterocycles. The van der Waals surface area contributed by atoms with Gasteiger partial charge in [-0.25, -0.2) is 8.42 Å². The zero-order chi connectivity index (χ0) is 29.1. The summed E-state index contributed by atoms with van der Waals surface area (Å²) in [4.78, 5) is 29.1. The Morgan fingerprint density at radius 1 is 0.975 bits per heavy atom. The molecule has 0 saturated heterocycles. The molecule has 0 aromatic heterocycles. The molecule has 40 heavy (non-hydrogen) atoms. The van der Waals surface area contributed by atoms with Crippen molar-refractivity contribution in [2.75, 3.05) is 30.8 Å². The van der Waals surface area contributed by atoms with Gasteiger partial charge in [0.05, 0.1) is 19.1 Å². The maximum absolute atomic E-state index is 14.1. The number of anilines is 1. The van der Waals surface area contributed by atoms with Crippen LogP contribution in [-0.4, -0.2) is 57.6 Å². The maximum atomic E-state index is 14.1. The number of unbranched alkanes of at least 4 members (excludes halogenated alkanes) is 1. The van der Waals surface area contributed by atoms with Crippen molar-refractivity contribution < 1.29 is 22.7 Å². The number of benzene rings is 3. The van der Waals surface area contributed by atoms with Gasteiger partial charge < -0.3 is 15.0 Å². The summed E-state index contributed by atoms with van der Waals surface area (Å²) in [6.45, 7) is 2.17. The van der Waals surface area contributed by atoms with Crippen LogP contribution in [0.5, 0.6) is 5.75 Å². The van der Waals surface area contributed by atoms with E-state index in [1.807, 2.05) is 61.5 Å². The Balaban J connectivity index is 2.03. The zero-order valence-electron chi connectivity index (χ0n) is 23.0. The molecule has 1 atom stereocenters. The monoisotopic (exact) mass is 629 g/mol. The third-order valence-corrected chi connectivity index (χ3v) is 8.06. The highest BCUT2D eigenvalue weighted by molar-refractivity contribution is 9.10. The molecule has 2 amide bonds. The fraction of sp³-hybridized carbons (Fsp3) is 0.333. The van der Waals surface area contributed by atoms with Gasteiger partial charge in [0.15, 0.2) is 0 Å². The molecule has 0 radical (unpaired) electrons. The van der Waals surface area contributed by atoms with Crippen LogP contribution < -0.4 is 14.4 Å². The Morgan fingerprint density at radius 3 is 2.30 bits per heavy atom. The summed E-state index contributed by atoms with van der Waals surface area (Å²) in [7, 11) is -2.36. The van der Waals surface area contributed by atoms with Gasteiger partial charge in [-0.3, -0.25) is 13.9 Å². The maximum Gasteiger partial charge on any atom is 0.244 e. The molecule has 8 nitrogen and oxygen atoms in total. The minimum absolute atomic E-state index is 0.126. The highest BCUT2D eigenvalue weighted by Gasteiger charge is 2.33.